The van der Waals surface area contributed by atoms with Crippen molar-refractivity contribution < 1.29 is 18.3 Å². The van der Waals surface area contributed by atoms with E-state index in [1.807, 2.05) is 18.7 Å². The van der Waals surface area contributed by atoms with Crippen molar-refractivity contribution in [2.24, 2.45) is 0 Å². The second-order valence-corrected chi connectivity index (χ2v) is 10.1. The van der Waals surface area contributed by atoms with Crippen molar-refractivity contribution in [1.29, 1.82) is 0 Å². The summed E-state index contributed by atoms with van der Waals surface area (Å²) in [6.45, 7) is 5.54. The van der Waals surface area contributed by atoms with Gasteiger partial charge < -0.3 is 10.0 Å². The van der Waals surface area contributed by atoms with Crippen LogP contribution in [0.3, 0.4) is 0 Å². The van der Waals surface area contributed by atoms with E-state index in [4.69, 9.17) is 0 Å². The number of aromatic carboxylic acids is 1. The predicted molar refractivity (Wildman–Crippen MR) is 109 cm³/mol. The Kier molecular flexibility index (Phi) is 7.08. The minimum absolute atomic E-state index is 0.0828. The normalized spacial score (nSPS) is 11.3. The zero-order chi connectivity index (χ0) is 19.3. The number of rotatable bonds is 9. The molecule has 0 aliphatic rings. The summed E-state index contributed by atoms with van der Waals surface area (Å²) < 4.78 is 28.2. The van der Waals surface area contributed by atoms with E-state index in [1.54, 1.807) is 18.2 Å². The molecule has 0 spiro atoms. The van der Waals surface area contributed by atoms with Crippen LogP contribution in [0.1, 0.15) is 37.0 Å². The summed E-state index contributed by atoms with van der Waals surface area (Å²) in [4.78, 5) is 13.7. The van der Waals surface area contributed by atoms with Crippen molar-refractivity contribution in [3.8, 4) is 0 Å². The molecule has 0 saturated carbocycles. The summed E-state index contributed by atoms with van der Waals surface area (Å²) in [5.74, 6) is -1.09. The number of hydrogen-bond acceptors (Lipinski definition) is 5. The highest BCUT2D eigenvalue weighted by Crippen LogP contribution is 2.30. The molecule has 0 radical (unpaired) electrons. The summed E-state index contributed by atoms with van der Waals surface area (Å²) >= 11 is 4.33. The first-order chi connectivity index (χ1) is 12.3. The first kappa shape index (κ1) is 20.7. The molecule has 2 N–H and O–H groups in total. The average molecular weight is 461 g/mol. The number of anilines is 2. The molecule has 142 valence electrons. The third-order valence-electron chi connectivity index (χ3n) is 3.62. The zero-order valence-electron chi connectivity index (χ0n) is 14.5. The predicted octanol–water partition coefficient (Wildman–Crippen LogP) is 4.64. The molecule has 6 nitrogen and oxygen atoms in total. The lowest BCUT2D eigenvalue weighted by Gasteiger charge is -2.25. The molecular formula is C17H21BrN2O4S2. The number of nitrogens with zero attached hydrogens (tertiary/aromatic N) is 1. The lowest BCUT2D eigenvalue weighted by molar-refractivity contribution is 0.0697. The molecule has 1 aromatic carbocycles. The van der Waals surface area contributed by atoms with Crippen molar-refractivity contribution in [3.63, 3.8) is 0 Å². The van der Waals surface area contributed by atoms with Gasteiger partial charge in [0, 0.05) is 18.8 Å². The Morgan fingerprint density at radius 1 is 1.19 bits per heavy atom. The largest absolute Gasteiger partial charge is 0.478 e. The zero-order valence-corrected chi connectivity index (χ0v) is 17.7. The van der Waals surface area contributed by atoms with Crippen molar-refractivity contribution in [3.05, 3.63) is 39.7 Å². The van der Waals surface area contributed by atoms with Gasteiger partial charge in [-0.25, -0.2) is 13.2 Å². The van der Waals surface area contributed by atoms with Gasteiger partial charge in [-0.1, -0.05) is 13.8 Å². The van der Waals surface area contributed by atoms with Crippen LogP contribution >= 0.6 is 27.3 Å². The van der Waals surface area contributed by atoms with Gasteiger partial charge in [0.1, 0.15) is 4.21 Å². The van der Waals surface area contributed by atoms with Crippen LogP contribution in [0.4, 0.5) is 11.4 Å². The van der Waals surface area contributed by atoms with E-state index >= 15 is 0 Å². The van der Waals surface area contributed by atoms with Gasteiger partial charge in [-0.2, -0.15) is 0 Å². The van der Waals surface area contributed by atoms with Gasteiger partial charge in [0.05, 0.1) is 15.0 Å². The van der Waals surface area contributed by atoms with Crippen LogP contribution in [-0.2, 0) is 10.0 Å². The van der Waals surface area contributed by atoms with Crippen molar-refractivity contribution in [2.45, 2.75) is 30.9 Å². The van der Waals surface area contributed by atoms with Gasteiger partial charge in [-0.05, 0) is 59.1 Å². The second kappa shape index (κ2) is 8.88. The third kappa shape index (κ3) is 4.99. The number of halogens is 1. The van der Waals surface area contributed by atoms with Crippen LogP contribution in [0.15, 0.2) is 38.3 Å². The number of nitrogens with one attached hydrogen (secondary N) is 1. The van der Waals surface area contributed by atoms with E-state index in [2.05, 4.69) is 20.7 Å². The Labute approximate surface area is 166 Å². The molecule has 0 atom stereocenters. The Hall–Kier alpha value is -1.58. The molecule has 1 aromatic heterocycles. The number of carbonyl (C=O) groups is 1. The van der Waals surface area contributed by atoms with Crippen LogP contribution in [0.5, 0.6) is 0 Å². The van der Waals surface area contributed by atoms with Gasteiger partial charge in [0.15, 0.2) is 0 Å². The minimum atomic E-state index is -3.76. The van der Waals surface area contributed by atoms with E-state index in [0.717, 1.165) is 37.3 Å². The molecule has 2 rings (SSSR count). The molecule has 0 bridgehead atoms. The quantitative estimate of drug-likeness (QED) is 0.569. The standard InChI is InChI=1S/C17H21BrN2O4S2/c1-3-9-20(10-4-2)14-6-5-12(11-13(14)17(21)22)19-26(23,24)16-8-7-15(18)25-16/h5-8,11,19H,3-4,9-10H2,1-2H3,(H,21,22). The fourth-order valence-electron chi connectivity index (χ4n) is 2.59. The Morgan fingerprint density at radius 3 is 2.35 bits per heavy atom. The van der Waals surface area contributed by atoms with E-state index in [0.29, 0.717) is 9.47 Å². The van der Waals surface area contributed by atoms with Crippen LogP contribution in [-0.4, -0.2) is 32.6 Å². The number of hydrogen-bond donors (Lipinski definition) is 2. The lowest BCUT2D eigenvalue weighted by atomic mass is 10.1. The Bertz CT molecular complexity index is 875. The smallest absolute Gasteiger partial charge is 0.337 e. The highest BCUT2D eigenvalue weighted by atomic mass is 79.9. The molecule has 0 amide bonds. The average Bonchev–Trinajstić information content (AvgIpc) is 3.02. The molecule has 0 unspecified atom stereocenters. The van der Waals surface area contributed by atoms with Gasteiger partial charge in [-0.15, -0.1) is 11.3 Å². The minimum Gasteiger partial charge on any atom is -0.478 e. The van der Waals surface area contributed by atoms with E-state index in [9.17, 15) is 18.3 Å². The summed E-state index contributed by atoms with van der Waals surface area (Å²) in [6.07, 6.45) is 1.78. The Morgan fingerprint density at radius 2 is 1.85 bits per heavy atom. The number of thiophene rings is 1. The van der Waals surface area contributed by atoms with Gasteiger partial charge in [-0.3, -0.25) is 4.72 Å². The first-order valence-corrected chi connectivity index (χ1v) is 11.3. The highest BCUT2D eigenvalue weighted by molar-refractivity contribution is 9.11. The van der Waals surface area contributed by atoms with Crippen LogP contribution in [0.2, 0.25) is 0 Å². The molecule has 0 aliphatic carbocycles. The van der Waals surface area contributed by atoms with E-state index in [-0.39, 0.29) is 15.5 Å². The molecule has 26 heavy (non-hydrogen) atoms. The molecule has 0 fully saturated rings. The summed E-state index contributed by atoms with van der Waals surface area (Å²) in [7, 11) is -3.76. The second-order valence-electron chi connectivity index (χ2n) is 5.69. The molecule has 0 saturated heterocycles. The monoisotopic (exact) mass is 460 g/mol. The van der Waals surface area contributed by atoms with Gasteiger partial charge >= 0.3 is 5.97 Å². The maximum absolute atomic E-state index is 12.4. The van der Waals surface area contributed by atoms with Crippen LogP contribution in [0.25, 0.3) is 0 Å². The summed E-state index contributed by atoms with van der Waals surface area (Å²) in [5.41, 5.74) is 0.908. The molecule has 1 heterocycles. The van der Waals surface area contributed by atoms with Gasteiger partial charge in [0.2, 0.25) is 0 Å². The topological polar surface area (TPSA) is 86.7 Å². The number of carboxylic acid groups (broad SMARTS) is 1. The first-order valence-electron chi connectivity index (χ1n) is 8.19. The van der Waals surface area contributed by atoms with E-state index in [1.165, 1.54) is 12.1 Å². The number of carboxylic acids is 1. The number of benzene rings is 1. The molecule has 0 aliphatic heterocycles. The summed E-state index contributed by atoms with van der Waals surface area (Å²) in [5, 5.41) is 9.59. The number of sulfonamides is 1. The van der Waals surface area contributed by atoms with E-state index < -0.39 is 16.0 Å². The maximum Gasteiger partial charge on any atom is 0.337 e. The Balaban J connectivity index is 2.37. The highest BCUT2D eigenvalue weighted by Gasteiger charge is 2.20. The van der Waals surface area contributed by atoms with Crippen LogP contribution < -0.4 is 9.62 Å². The van der Waals surface area contributed by atoms with Crippen molar-refractivity contribution in [1.82, 2.24) is 0 Å². The van der Waals surface area contributed by atoms with Crippen LogP contribution in [0, 0.1) is 0 Å². The summed E-state index contributed by atoms with van der Waals surface area (Å²) in [6, 6.07) is 7.78. The fourth-order valence-corrected chi connectivity index (χ4v) is 5.65. The van der Waals surface area contributed by atoms with Crippen molar-refractivity contribution >= 4 is 54.6 Å². The maximum atomic E-state index is 12.4. The lowest BCUT2D eigenvalue weighted by Crippen LogP contribution is -2.27. The molecule has 2 aromatic rings. The third-order valence-corrected chi connectivity index (χ3v) is 7.12. The van der Waals surface area contributed by atoms with Crippen molar-refractivity contribution in [2.75, 3.05) is 22.7 Å². The SMILES string of the molecule is CCCN(CCC)c1ccc(NS(=O)(=O)c2ccc(Br)s2)cc1C(=O)O. The fraction of sp³-hybridized carbons (Fsp3) is 0.353. The van der Waals surface area contributed by atoms with Gasteiger partial charge in [0.25, 0.3) is 10.0 Å². The molecular weight excluding hydrogens is 440 g/mol. The molecule has 9 heteroatoms.